The van der Waals surface area contributed by atoms with E-state index in [1.54, 1.807) is 26.8 Å². The number of alkyl halides is 2. The Morgan fingerprint density at radius 3 is 2.44 bits per heavy atom. The number of hydrogen-bond donors (Lipinski definition) is 2. The van der Waals surface area contributed by atoms with Gasteiger partial charge in [-0.1, -0.05) is 15.9 Å². The fourth-order valence-corrected chi connectivity index (χ4v) is 3.27. The molecule has 0 fully saturated rings. The van der Waals surface area contributed by atoms with Crippen molar-refractivity contribution in [1.82, 2.24) is 4.72 Å². The minimum absolute atomic E-state index is 0.276. The summed E-state index contributed by atoms with van der Waals surface area (Å²) in [6.45, 7) is 4.78. The summed E-state index contributed by atoms with van der Waals surface area (Å²) < 4.78 is 59.7. The normalized spacial score (nSPS) is 16.1. The highest BCUT2D eigenvalue weighted by Crippen LogP contribution is 2.41. The van der Waals surface area contributed by atoms with Gasteiger partial charge in [0.25, 0.3) is 5.92 Å². The average Bonchev–Trinajstić information content (AvgIpc) is 2.48. The Kier molecular flexibility index (Phi) is 7.21. The topological polar surface area (TPSA) is 68.9 Å². The summed E-state index contributed by atoms with van der Waals surface area (Å²) in [6.07, 6.45) is 0. The van der Waals surface area contributed by atoms with Crippen molar-refractivity contribution in [2.75, 3.05) is 13.2 Å². The Hall–Kier alpha value is -0.950. The van der Waals surface area contributed by atoms with Crippen LogP contribution in [0.3, 0.4) is 0 Å². The molecular formula is C16H21BrF3N3OS. The lowest BCUT2D eigenvalue weighted by Crippen LogP contribution is -2.58. The van der Waals surface area contributed by atoms with Crippen LogP contribution < -0.4 is 4.72 Å². The molecule has 0 aliphatic rings. The fourth-order valence-electron chi connectivity index (χ4n) is 1.93. The molecule has 0 aliphatic carbocycles. The summed E-state index contributed by atoms with van der Waals surface area (Å²) in [5.74, 6) is -4.38. The van der Waals surface area contributed by atoms with Gasteiger partial charge in [0, 0.05) is 14.8 Å². The van der Waals surface area contributed by atoms with Crippen LogP contribution in [-0.2, 0) is 21.2 Å². The Labute approximate surface area is 156 Å². The highest BCUT2D eigenvalue weighted by molar-refractivity contribution is 9.10. The molecule has 1 aromatic carbocycles. The average molecular weight is 440 g/mol. The molecule has 25 heavy (non-hydrogen) atoms. The van der Waals surface area contributed by atoms with E-state index in [0.29, 0.717) is 4.47 Å². The Morgan fingerprint density at radius 2 is 1.92 bits per heavy atom. The van der Waals surface area contributed by atoms with Crippen LogP contribution in [0.25, 0.3) is 0 Å². The minimum Gasteiger partial charge on any atom is -0.360 e. The van der Waals surface area contributed by atoms with Crippen molar-refractivity contribution in [3.63, 3.8) is 0 Å². The van der Waals surface area contributed by atoms with Crippen molar-refractivity contribution in [1.29, 1.82) is 10.0 Å². The molecule has 0 unspecified atom stereocenters. The van der Waals surface area contributed by atoms with E-state index in [0.717, 1.165) is 13.0 Å². The van der Waals surface area contributed by atoms with E-state index in [-0.39, 0.29) is 5.56 Å². The van der Waals surface area contributed by atoms with Gasteiger partial charge in [0.1, 0.15) is 24.6 Å². The Balaban J connectivity index is 3.43. The molecular weight excluding hydrogens is 419 g/mol. The lowest BCUT2D eigenvalue weighted by atomic mass is 9.86. The first kappa shape index (κ1) is 22.1. The number of ether oxygens (including phenoxy) is 1. The van der Waals surface area contributed by atoms with Gasteiger partial charge in [-0.2, -0.15) is 5.26 Å². The van der Waals surface area contributed by atoms with Crippen LogP contribution >= 0.6 is 15.9 Å². The van der Waals surface area contributed by atoms with Crippen molar-refractivity contribution in [2.45, 2.75) is 43.9 Å². The van der Waals surface area contributed by atoms with Crippen LogP contribution in [-0.4, -0.2) is 23.9 Å². The molecule has 0 heterocycles. The maximum atomic E-state index is 15.0. The lowest BCUT2D eigenvalue weighted by Gasteiger charge is -2.41. The van der Waals surface area contributed by atoms with Crippen LogP contribution in [0.5, 0.6) is 0 Å². The third-order valence-electron chi connectivity index (χ3n) is 3.57. The summed E-state index contributed by atoms with van der Waals surface area (Å²) in [6, 6.07) is 5.39. The fraction of sp³-hybridized carbons (Fsp3) is 0.562. The van der Waals surface area contributed by atoms with Gasteiger partial charge in [-0.3, -0.25) is 4.78 Å². The first-order chi connectivity index (χ1) is 11.3. The van der Waals surface area contributed by atoms with E-state index in [9.17, 15) is 13.2 Å². The zero-order valence-corrected chi connectivity index (χ0v) is 16.8. The maximum Gasteiger partial charge on any atom is 0.293 e. The predicted molar refractivity (Wildman–Crippen MR) is 95.8 cm³/mol. The second-order valence-electron chi connectivity index (χ2n) is 6.63. The highest BCUT2D eigenvalue weighted by Gasteiger charge is 2.54. The molecule has 0 aliphatic heterocycles. The van der Waals surface area contributed by atoms with Gasteiger partial charge in [0.2, 0.25) is 0 Å². The first-order valence-corrected chi connectivity index (χ1v) is 9.38. The van der Waals surface area contributed by atoms with Gasteiger partial charge >= 0.3 is 0 Å². The molecule has 4 nitrogen and oxygen atoms in total. The van der Waals surface area contributed by atoms with E-state index in [1.165, 1.54) is 12.1 Å². The van der Waals surface area contributed by atoms with E-state index >= 15 is 0 Å². The van der Waals surface area contributed by atoms with Gasteiger partial charge < -0.3 is 4.74 Å². The molecule has 0 aromatic heterocycles. The standard InChI is InChI=1S/C16H21BrF3N3OS/c1-14(2,3)25(22)23-15(4,16(19,20)10-24-8-7-21)12-9-11(17)5-6-13(12)18/h5-6,9H,8,10H2,1-4H3,(H2,22,23)/t15-,25-/m1/s1. The van der Waals surface area contributed by atoms with Crippen LogP contribution in [0.1, 0.15) is 33.3 Å². The lowest BCUT2D eigenvalue weighted by molar-refractivity contribution is -0.128. The SMILES string of the molecule is CC(C)(C)[S@](=N)N[C@](C)(c1cc(Br)ccc1F)C(F)(F)COCC#N. The quantitative estimate of drug-likeness (QED) is 0.606. The van der Waals surface area contributed by atoms with Crippen LogP contribution in [0.2, 0.25) is 0 Å². The molecule has 0 saturated heterocycles. The monoisotopic (exact) mass is 439 g/mol. The zero-order valence-electron chi connectivity index (χ0n) is 14.4. The van der Waals surface area contributed by atoms with E-state index in [4.69, 9.17) is 14.8 Å². The summed E-state index contributed by atoms with van der Waals surface area (Å²) in [7, 11) is -1.41. The molecule has 140 valence electrons. The first-order valence-electron chi connectivity index (χ1n) is 7.36. The number of nitrogens with zero attached hydrogens (tertiary/aromatic N) is 1. The smallest absolute Gasteiger partial charge is 0.293 e. The van der Waals surface area contributed by atoms with Gasteiger partial charge in [0.15, 0.2) is 0 Å². The largest absolute Gasteiger partial charge is 0.360 e. The second kappa shape index (κ2) is 8.16. The van der Waals surface area contributed by atoms with Crippen LogP contribution in [0.15, 0.2) is 22.7 Å². The number of halogens is 4. The number of benzene rings is 1. The molecule has 0 bridgehead atoms. The summed E-state index contributed by atoms with van der Waals surface area (Å²) in [5.41, 5.74) is -2.48. The van der Waals surface area contributed by atoms with Crippen LogP contribution in [0.4, 0.5) is 13.2 Å². The molecule has 1 aromatic rings. The third-order valence-corrected chi connectivity index (χ3v) is 5.90. The van der Waals surface area contributed by atoms with Crippen molar-refractivity contribution >= 4 is 26.8 Å². The molecule has 9 heteroatoms. The number of nitrogens with one attached hydrogen (secondary N) is 2. The third kappa shape index (κ3) is 5.26. The maximum absolute atomic E-state index is 15.0. The van der Waals surface area contributed by atoms with Crippen molar-refractivity contribution in [3.05, 3.63) is 34.1 Å². The molecule has 1 rings (SSSR count). The number of hydrogen-bond acceptors (Lipinski definition) is 3. The van der Waals surface area contributed by atoms with E-state index in [1.807, 2.05) is 0 Å². The van der Waals surface area contributed by atoms with Crippen LogP contribution in [0, 0.1) is 21.9 Å². The number of nitriles is 1. The predicted octanol–water partition coefficient (Wildman–Crippen LogP) is 4.66. The van der Waals surface area contributed by atoms with Crippen molar-refractivity contribution in [2.24, 2.45) is 0 Å². The van der Waals surface area contributed by atoms with Gasteiger partial charge in [0.05, 0.1) is 6.07 Å². The molecule has 0 spiro atoms. The van der Waals surface area contributed by atoms with E-state index < -0.39 is 46.1 Å². The zero-order chi connectivity index (χ0) is 19.5. The van der Waals surface area contributed by atoms with Gasteiger partial charge in [-0.05, 0) is 56.8 Å². The molecule has 2 N–H and O–H groups in total. The Morgan fingerprint density at radius 1 is 1.32 bits per heavy atom. The summed E-state index contributed by atoms with van der Waals surface area (Å²) in [4.78, 5) is 0. The van der Waals surface area contributed by atoms with Gasteiger partial charge in [-0.15, -0.1) is 0 Å². The number of rotatable bonds is 7. The van der Waals surface area contributed by atoms with E-state index in [2.05, 4.69) is 20.7 Å². The second-order valence-corrected chi connectivity index (χ2v) is 9.58. The highest BCUT2D eigenvalue weighted by atomic mass is 79.9. The molecule has 2 atom stereocenters. The molecule has 0 saturated carbocycles. The minimum atomic E-state index is -3.57. The Bertz CT molecular complexity index is 688. The summed E-state index contributed by atoms with van der Waals surface area (Å²) >= 11 is 3.17. The van der Waals surface area contributed by atoms with Crippen molar-refractivity contribution < 1.29 is 17.9 Å². The van der Waals surface area contributed by atoms with Crippen molar-refractivity contribution in [3.8, 4) is 6.07 Å². The molecule has 0 radical (unpaired) electrons. The molecule has 0 amide bonds. The summed E-state index contributed by atoms with van der Waals surface area (Å²) in [5, 5.41) is 8.49. The van der Waals surface area contributed by atoms with Gasteiger partial charge in [-0.25, -0.2) is 17.9 Å².